The van der Waals surface area contributed by atoms with E-state index in [-0.39, 0.29) is 5.41 Å². The van der Waals surface area contributed by atoms with Crippen molar-refractivity contribution in [2.75, 3.05) is 0 Å². The fourth-order valence-electron chi connectivity index (χ4n) is 2.96. The zero-order valence-corrected chi connectivity index (χ0v) is 13.9. The fraction of sp³-hybridized carbons (Fsp3) is 0.333. The average Bonchev–Trinajstić information content (AvgIpc) is 2.46. The molecular formula is C18H21BrO. The number of hydrogen-bond acceptors (Lipinski definition) is 1. The Kier molecular flexibility index (Phi) is 4.54. The van der Waals surface area contributed by atoms with Crippen LogP contribution in [0.1, 0.15) is 43.4 Å². The molecule has 2 aromatic rings. The Hall–Kier alpha value is -1.28. The van der Waals surface area contributed by atoms with Crippen LogP contribution in [0.15, 0.2) is 46.9 Å². The van der Waals surface area contributed by atoms with E-state index in [1.54, 1.807) is 12.1 Å². The summed E-state index contributed by atoms with van der Waals surface area (Å²) in [7, 11) is 0. The Bertz CT molecular complexity index is 583. The lowest BCUT2D eigenvalue weighted by Crippen LogP contribution is -2.26. The first-order valence-electron chi connectivity index (χ1n) is 7.09. The quantitative estimate of drug-likeness (QED) is 0.775. The van der Waals surface area contributed by atoms with Gasteiger partial charge in [0.05, 0.1) is 0 Å². The van der Waals surface area contributed by atoms with Crippen LogP contribution in [0.5, 0.6) is 5.75 Å². The predicted molar refractivity (Wildman–Crippen MR) is 88.3 cm³/mol. The summed E-state index contributed by atoms with van der Waals surface area (Å²) in [6, 6.07) is 14.2. The van der Waals surface area contributed by atoms with Crippen molar-refractivity contribution >= 4 is 15.9 Å². The minimum Gasteiger partial charge on any atom is -0.508 e. The largest absolute Gasteiger partial charge is 0.508 e. The summed E-state index contributed by atoms with van der Waals surface area (Å²) in [5.74, 6) is 0.321. The molecule has 0 atom stereocenters. The Labute approximate surface area is 129 Å². The highest BCUT2D eigenvalue weighted by atomic mass is 79.9. The zero-order chi connectivity index (χ0) is 14.8. The van der Waals surface area contributed by atoms with Gasteiger partial charge in [0.15, 0.2) is 0 Å². The third-order valence-corrected chi connectivity index (χ3v) is 5.23. The van der Waals surface area contributed by atoms with Crippen LogP contribution < -0.4 is 0 Å². The molecule has 1 nitrogen and oxygen atoms in total. The molecule has 2 heteroatoms. The highest BCUT2D eigenvalue weighted by Crippen LogP contribution is 2.40. The molecule has 0 bridgehead atoms. The molecule has 106 valence electrons. The number of aromatic hydroxyl groups is 1. The Morgan fingerprint density at radius 1 is 0.950 bits per heavy atom. The van der Waals surface area contributed by atoms with Crippen molar-refractivity contribution in [3.8, 4) is 5.75 Å². The number of aryl methyl sites for hydroxylation is 1. The summed E-state index contributed by atoms with van der Waals surface area (Å²) in [4.78, 5) is 0. The lowest BCUT2D eigenvalue weighted by molar-refractivity contribution is 0.465. The van der Waals surface area contributed by atoms with Crippen molar-refractivity contribution in [3.63, 3.8) is 0 Å². The van der Waals surface area contributed by atoms with Crippen molar-refractivity contribution in [1.82, 2.24) is 0 Å². The molecule has 0 heterocycles. The second-order valence-electron chi connectivity index (χ2n) is 5.30. The van der Waals surface area contributed by atoms with E-state index in [1.807, 2.05) is 12.1 Å². The average molecular weight is 333 g/mol. The smallest absolute Gasteiger partial charge is 0.115 e. The molecule has 0 unspecified atom stereocenters. The second kappa shape index (κ2) is 6.01. The second-order valence-corrected chi connectivity index (χ2v) is 6.15. The number of halogens is 1. The van der Waals surface area contributed by atoms with E-state index in [9.17, 15) is 5.11 Å². The monoisotopic (exact) mass is 332 g/mol. The number of rotatable bonds is 4. The van der Waals surface area contributed by atoms with E-state index in [1.165, 1.54) is 16.7 Å². The first kappa shape index (κ1) is 15.1. The van der Waals surface area contributed by atoms with Crippen molar-refractivity contribution in [3.05, 3.63) is 63.6 Å². The molecule has 0 aliphatic heterocycles. The number of phenols is 1. The molecular weight excluding hydrogens is 312 g/mol. The molecule has 2 rings (SSSR count). The molecule has 0 aliphatic rings. The van der Waals surface area contributed by atoms with E-state index in [4.69, 9.17) is 0 Å². The summed E-state index contributed by atoms with van der Waals surface area (Å²) >= 11 is 3.57. The van der Waals surface area contributed by atoms with Gasteiger partial charge >= 0.3 is 0 Å². The highest BCUT2D eigenvalue weighted by molar-refractivity contribution is 9.10. The van der Waals surface area contributed by atoms with E-state index in [0.29, 0.717) is 5.75 Å². The molecule has 0 spiro atoms. The van der Waals surface area contributed by atoms with E-state index < -0.39 is 0 Å². The third kappa shape index (κ3) is 2.62. The molecule has 20 heavy (non-hydrogen) atoms. The first-order valence-corrected chi connectivity index (χ1v) is 7.89. The van der Waals surface area contributed by atoms with Gasteiger partial charge in [0.2, 0.25) is 0 Å². The van der Waals surface area contributed by atoms with Crippen molar-refractivity contribution in [2.24, 2.45) is 0 Å². The van der Waals surface area contributed by atoms with Crippen LogP contribution in [0.25, 0.3) is 0 Å². The molecule has 1 N–H and O–H groups in total. The summed E-state index contributed by atoms with van der Waals surface area (Å²) in [5, 5.41) is 9.51. The van der Waals surface area contributed by atoms with Gasteiger partial charge in [0.1, 0.15) is 5.75 Å². The summed E-state index contributed by atoms with van der Waals surface area (Å²) in [6.07, 6.45) is 2.07. The van der Waals surface area contributed by atoms with Crippen molar-refractivity contribution < 1.29 is 5.11 Å². The van der Waals surface area contributed by atoms with Crippen molar-refractivity contribution in [2.45, 2.75) is 39.0 Å². The van der Waals surface area contributed by atoms with Gasteiger partial charge < -0.3 is 5.11 Å². The zero-order valence-electron chi connectivity index (χ0n) is 12.3. The molecule has 0 fully saturated rings. The summed E-state index contributed by atoms with van der Waals surface area (Å²) in [6.45, 7) is 6.59. The normalized spacial score (nSPS) is 11.6. The molecule has 0 saturated carbocycles. The SMILES string of the molecule is CCC(CC)(c1ccc(O)cc1)c1ccc(Br)c(C)c1. The van der Waals surface area contributed by atoms with Crippen LogP contribution in [-0.4, -0.2) is 5.11 Å². The van der Waals surface area contributed by atoms with Crippen molar-refractivity contribution in [1.29, 1.82) is 0 Å². The first-order chi connectivity index (χ1) is 9.53. The Balaban J connectivity index is 2.58. The van der Waals surface area contributed by atoms with Gasteiger partial charge in [0.25, 0.3) is 0 Å². The fourth-order valence-corrected chi connectivity index (χ4v) is 3.20. The van der Waals surface area contributed by atoms with Gasteiger partial charge in [-0.25, -0.2) is 0 Å². The van der Waals surface area contributed by atoms with Gasteiger partial charge in [-0.05, 0) is 54.7 Å². The maximum atomic E-state index is 9.51. The van der Waals surface area contributed by atoms with E-state index in [2.05, 4.69) is 54.9 Å². The molecule has 0 radical (unpaired) electrons. The number of hydrogen-bond donors (Lipinski definition) is 1. The summed E-state index contributed by atoms with van der Waals surface area (Å²) < 4.78 is 1.15. The van der Waals surface area contributed by atoms with Crippen LogP contribution >= 0.6 is 15.9 Å². The van der Waals surface area contributed by atoms with Crippen LogP contribution in [-0.2, 0) is 5.41 Å². The van der Waals surface area contributed by atoms with Gasteiger partial charge in [-0.2, -0.15) is 0 Å². The summed E-state index contributed by atoms with van der Waals surface area (Å²) in [5.41, 5.74) is 3.88. The number of benzene rings is 2. The topological polar surface area (TPSA) is 20.2 Å². The predicted octanol–water partition coefficient (Wildman–Crippen LogP) is 5.57. The molecule has 0 aromatic heterocycles. The third-order valence-electron chi connectivity index (χ3n) is 4.34. The molecule has 0 amide bonds. The van der Waals surface area contributed by atoms with Gasteiger partial charge in [-0.1, -0.05) is 54.0 Å². The number of phenolic OH excluding ortho intramolecular Hbond substituents is 1. The van der Waals surface area contributed by atoms with Crippen LogP contribution in [0.2, 0.25) is 0 Å². The van der Waals surface area contributed by atoms with Crippen LogP contribution in [0.4, 0.5) is 0 Å². The maximum absolute atomic E-state index is 9.51. The lowest BCUT2D eigenvalue weighted by Gasteiger charge is -2.33. The minimum atomic E-state index is 0.0131. The van der Waals surface area contributed by atoms with E-state index in [0.717, 1.165) is 17.3 Å². The van der Waals surface area contributed by atoms with Gasteiger partial charge in [-0.3, -0.25) is 0 Å². The lowest BCUT2D eigenvalue weighted by atomic mass is 9.70. The molecule has 0 aliphatic carbocycles. The van der Waals surface area contributed by atoms with Crippen LogP contribution in [0.3, 0.4) is 0 Å². The molecule has 2 aromatic carbocycles. The van der Waals surface area contributed by atoms with Gasteiger partial charge in [0, 0.05) is 9.89 Å². The van der Waals surface area contributed by atoms with E-state index >= 15 is 0 Å². The Morgan fingerprint density at radius 2 is 1.50 bits per heavy atom. The minimum absolute atomic E-state index is 0.0131. The molecule has 0 saturated heterocycles. The highest BCUT2D eigenvalue weighted by Gasteiger charge is 2.30. The maximum Gasteiger partial charge on any atom is 0.115 e. The van der Waals surface area contributed by atoms with Gasteiger partial charge in [-0.15, -0.1) is 0 Å². The Morgan fingerprint density at radius 3 is 2.00 bits per heavy atom. The standard InChI is InChI=1S/C18H21BrO/c1-4-18(5-2,14-6-9-16(20)10-7-14)15-8-11-17(19)13(3)12-15/h6-12,20H,4-5H2,1-3H3. The van der Waals surface area contributed by atoms with Crippen LogP contribution in [0, 0.1) is 6.92 Å².